The van der Waals surface area contributed by atoms with Crippen LogP contribution in [0.4, 0.5) is 0 Å². The molecule has 0 spiro atoms. The first-order valence-electron chi connectivity index (χ1n) is 5.06. The molecule has 0 aliphatic heterocycles. The van der Waals surface area contributed by atoms with Crippen molar-refractivity contribution in [3.63, 3.8) is 0 Å². The number of benzene rings is 1. The molecule has 0 saturated carbocycles. The fraction of sp³-hybridized carbons (Fsp3) is 0.417. The highest BCUT2D eigenvalue weighted by Crippen LogP contribution is 2.12. The lowest BCUT2D eigenvalue weighted by molar-refractivity contribution is -0.148. The van der Waals surface area contributed by atoms with E-state index < -0.39 is 5.54 Å². The van der Waals surface area contributed by atoms with Crippen LogP contribution in [-0.4, -0.2) is 18.1 Å². The lowest BCUT2D eigenvalue weighted by atomic mass is 9.94. The first-order chi connectivity index (χ1) is 7.06. The number of hydrogen-bond donors (Lipinski definition) is 1. The Balaban J connectivity index is 0.00000225. The minimum atomic E-state index is -0.947. The third-order valence-electron chi connectivity index (χ3n) is 2.16. The maximum Gasteiger partial charge on any atom is 0.326 e. The van der Waals surface area contributed by atoms with Gasteiger partial charge in [-0.2, -0.15) is 0 Å². The highest BCUT2D eigenvalue weighted by molar-refractivity contribution is 5.85. The Morgan fingerprint density at radius 1 is 1.38 bits per heavy atom. The van der Waals surface area contributed by atoms with Gasteiger partial charge in [-0.1, -0.05) is 30.3 Å². The van der Waals surface area contributed by atoms with Crippen LogP contribution >= 0.6 is 12.4 Å². The lowest BCUT2D eigenvalue weighted by Crippen LogP contribution is -2.48. The molecule has 0 heterocycles. The van der Waals surface area contributed by atoms with E-state index in [2.05, 4.69) is 0 Å². The second kappa shape index (κ2) is 6.51. The summed E-state index contributed by atoms with van der Waals surface area (Å²) in [6.45, 7) is 3.83. The van der Waals surface area contributed by atoms with E-state index in [1.807, 2.05) is 30.3 Å². The normalized spacial score (nSPS) is 13.4. The van der Waals surface area contributed by atoms with Gasteiger partial charge in [-0.3, -0.25) is 4.79 Å². The molecule has 1 unspecified atom stereocenters. The van der Waals surface area contributed by atoms with E-state index in [0.717, 1.165) is 5.56 Å². The second-order valence-corrected chi connectivity index (χ2v) is 3.80. The summed E-state index contributed by atoms with van der Waals surface area (Å²) < 4.78 is 4.91. The summed E-state index contributed by atoms with van der Waals surface area (Å²) in [5.74, 6) is -0.353. The molecule has 0 radical (unpaired) electrons. The van der Waals surface area contributed by atoms with Crippen LogP contribution in [-0.2, 0) is 16.0 Å². The monoisotopic (exact) mass is 243 g/mol. The number of ether oxygens (including phenoxy) is 1. The summed E-state index contributed by atoms with van der Waals surface area (Å²) in [5.41, 5.74) is 5.99. The Bertz CT molecular complexity index is 325. The SMILES string of the molecule is CCOC(=O)C(C)(N)Cc1ccccc1.Cl. The van der Waals surface area contributed by atoms with Crippen LogP contribution in [0.1, 0.15) is 19.4 Å². The quantitative estimate of drug-likeness (QED) is 0.823. The van der Waals surface area contributed by atoms with Gasteiger partial charge in [0.05, 0.1) is 6.61 Å². The number of esters is 1. The zero-order valence-electron chi connectivity index (χ0n) is 9.60. The molecular weight excluding hydrogens is 226 g/mol. The number of hydrogen-bond acceptors (Lipinski definition) is 3. The van der Waals surface area contributed by atoms with E-state index in [1.165, 1.54) is 0 Å². The van der Waals surface area contributed by atoms with Gasteiger partial charge < -0.3 is 10.5 Å². The second-order valence-electron chi connectivity index (χ2n) is 3.80. The topological polar surface area (TPSA) is 52.3 Å². The Morgan fingerprint density at radius 3 is 2.44 bits per heavy atom. The van der Waals surface area contributed by atoms with Crippen LogP contribution in [0.15, 0.2) is 30.3 Å². The molecule has 90 valence electrons. The van der Waals surface area contributed by atoms with E-state index in [1.54, 1.807) is 13.8 Å². The van der Waals surface area contributed by atoms with E-state index in [9.17, 15) is 4.79 Å². The summed E-state index contributed by atoms with van der Waals surface area (Å²) in [6, 6.07) is 9.68. The molecule has 0 aromatic heterocycles. The molecule has 1 rings (SSSR count). The standard InChI is InChI=1S/C12H17NO2.ClH/c1-3-15-11(14)12(2,13)9-10-7-5-4-6-8-10;/h4-8H,3,9,13H2,1-2H3;1H. The van der Waals surface area contributed by atoms with Crippen molar-refractivity contribution in [2.75, 3.05) is 6.61 Å². The third kappa shape index (κ3) is 4.21. The third-order valence-corrected chi connectivity index (χ3v) is 2.16. The van der Waals surface area contributed by atoms with Crippen molar-refractivity contribution in [1.82, 2.24) is 0 Å². The van der Waals surface area contributed by atoms with Gasteiger partial charge in [0.15, 0.2) is 0 Å². The van der Waals surface area contributed by atoms with E-state index in [0.29, 0.717) is 13.0 Å². The molecule has 0 aliphatic rings. The van der Waals surface area contributed by atoms with Crippen LogP contribution in [0.2, 0.25) is 0 Å². The average molecular weight is 244 g/mol. The molecule has 3 nitrogen and oxygen atoms in total. The molecular formula is C12H18ClNO2. The van der Waals surface area contributed by atoms with Gasteiger partial charge in [0, 0.05) is 6.42 Å². The smallest absolute Gasteiger partial charge is 0.326 e. The Kier molecular flexibility index (Phi) is 6.08. The van der Waals surface area contributed by atoms with Crippen LogP contribution in [0.5, 0.6) is 0 Å². The molecule has 1 aromatic carbocycles. The van der Waals surface area contributed by atoms with Gasteiger partial charge in [0.1, 0.15) is 5.54 Å². The van der Waals surface area contributed by atoms with Gasteiger partial charge in [-0.15, -0.1) is 12.4 Å². The van der Waals surface area contributed by atoms with Crippen molar-refractivity contribution < 1.29 is 9.53 Å². The highest BCUT2D eigenvalue weighted by atomic mass is 35.5. The fourth-order valence-corrected chi connectivity index (χ4v) is 1.39. The molecule has 0 bridgehead atoms. The van der Waals surface area contributed by atoms with E-state index >= 15 is 0 Å². The number of carbonyl (C=O) groups excluding carboxylic acids is 1. The Morgan fingerprint density at radius 2 is 1.94 bits per heavy atom. The molecule has 0 aliphatic carbocycles. The number of rotatable bonds is 4. The minimum absolute atomic E-state index is 0. The number of carbonyl (C=O) groups is 1. The maximum atomic E-state index is 11.5. The van der Waals surface area contributed by atoms with Crippen LogP contribution < -0.4 is 5.73 Å². The number of halogens is 1. The highest BCUT2D eigenvalue weighted by Gasteiger charge is 2.29. The minimum Gasteiger partial charge on any atom is -0.465 e. The molecule has 2 N–H and O–H groups in total. The van der Waals surface area contributed by atoms with Crippen molar-refractivity contribution in [3.05, 3.63) is 35.9 Å². The van der Waals surface area contributed by atoms with Crippen LogP contribution in [0.3, 0.4) is 0 Å². The zero-order chi connectivity index (χ0) is 11.3. The predicted molar refractivity (Wildman–Crippen MR) is 66.6 cm³/mol. The predicted octanol–water partition coefficient (Wildman–Crippen LogP) is 1.93. The molecule has 16 heavy (non-hydrogen) atoms. The zero-order valence-corrected chi connectivity index (χ0v) is 10.4. The van der Waals surface area contributed by atoms with E-state index in [-0.39, 0.29) is 18.4 Å². The fourth-order valence-electron chi connectivity index (χ4n) is 1.39. The van der Waals surface area contributed by atoms with Crippen LogP contribution in [0, 0.1) is 0 Å². The summed E-state index contributed by atoms with van der Waals surface area (Å²) in [4.78, 5) is 11.5. The maximum absolute atomic E-state index is 11.5. The van der Waals surface area contributed by atoms with Crippen molar-refractivity contribution >= 4 is 18.4 Å². The van der Waals surface area contributed by atoms with Gasteiger partial charge >= 0.3 is 5.97 Å². The molecule has 4 heteroatoms. The molecule has 1 atom stereocenters. The molecule has 0 amide bonds. The molecule has 0 saturated heterocycles. The van der Waals surface area contributed by atoms with Crippen LogP contribution in [0.25, 0.3) is 0 Å². The first kappa shape index (κ1) is 14.9. The van der Waals surface area contributed by atoms with Crippen molar-refractivity contribution in [1.29, 1.82) is 0 Å². The molecule has 1 aromatic rings. The average Bonchev–Trinajstić information content (AvgIpc) is 2.19. The van der Waals surface area contributed by atoms with E-state index in [4.69, 9.17) is 10.5 Å². The van der Waals surface area contributed by atoms with Crippen molar-refractivity contribution in [2.45, 2.75) is 25.8 Å². The lowest BCUT2D eigenvalue weighted by Gasteiger charge is -2.22. The van der Waals surface area contributed by atoms with Gasteiger partial charge in [0.2, 0.25) is 0 Å². The summed E-state index contributed by atoms with van der Waals surface area (Å²) >= 11 is 0. The van der Waals surface area contributed by atoms with Crippen molar-refractivity contribution in [2.24, 2.45) is 5.73 Å². The van der Waals surface area contributed by atoms with Gasteiger partial charge in [-0.05, 0) is 19.4 Å². The Labute approximate surface area is 102 Å². The molecule has 0 fully saturated rings. The summed E-state index contributed by atoms with van der Waals surface area (Å²) in [5, 5.41) is 0. The summed E-state index contributed by atoms with van der Waals surface area (Å²) in [6.07, 6.45) is 0.493. The summed E-state index contributed by atoms with van der Waals surface area (Å²) in [7, 11) is 0. The Hall–Kier alpha value is -1.06. The van der Waals surface area contributed by atoms with Crippen molar-refractivity contribution in [3.8, 4) is 0 Å². The van der Waals surface area contributed by atoms with Gasteiger partial charge in [-0.25, -0.2) is 0 Å². The largest absolute Gasteiger partial charge is 0.465 e. The first-order valence-corrected chi connectivity index (χ1v) is 5.06. The van der Waals surface area contributed by atoms with Gasteiger partial charge in [0.25, 0.3) is 0 Å². The number of nitrogens with two attached hydrogens (primary N) is 1.